The highest BCUT2D eigenvalue weighted by Gasteiger charge is 2.22. The molecule has 0 spiro atoms. The monoisotopic (exact) mass is 321 g/mol. The van der Waals surface area contributed by atoms with Crippen LogP contribution in [0.3, 0.4) is 0 Å². The summed E-state index contributed by atoms with van der Waals surface area (Å²) < 4.78 is 5.01. The van der Waals surface area contributed by atoms with Crippen LogP contribution in [0, 0.1) is 10.1 Å². The number of carbonyl (C=O) groups is 2. The van der Waals surface area contributed by atoms with Crippen LogP contribution in [0.1, 0.15) is 17.3 Å². The largest absolute Gasteiger partial charge is 0.449 e. The zero-order valence-corrected chi connectivity index (χ0v) is 13.2. The first-order valence-electron chi connectivity index (χ1n) is 6.83. The minimum Gasteiger partial charge on any atom is -0.449 e. The van der Waals surface area contributed by atoms with Gasteiger partial charge in [0, 0.05) is 26.7 Å². The molecule has 8 nitrogen and oxygen atoms in total. The first-order valence-corrected chi connectivity index (χ1v) is 6.83. The molecule has 1 rings (SSSR count). The van der Waals surface area contributed by atoms with Crippen LogP contribution in [0.2, 0.25) is 0 Å². The van der Waals surface area contributed by atoms with Crippen molar-refractivity contribution >= 4 is 23.3 Å². The van der Waals surface area contributed by atoms with Gasteiger partial charge in [0.15, 0.2) is 6.10 Å². The quantitative estimate of drug-likeness (QED) is 0.353. The van der Waals surface area contributed by atoms with Gasteiger partial charge in [-0.1, -0.05) is 6.08 Å². The van der Waals surface area contributed by atoms with E-state index in [1.54, 1.807) is 19.0 Å². The third-order valence-electron chi connectivity index (χ3n) is 2.96. The van der Waals surface area contributed by atoms with Crippen molar-refractivity contribution in [3.8, 4) is 0 Å². The van der Waals surface area contributed by atoms with Crippen molar-refractivity contribution in [1.82, 2.24) is 5.32 Å². The molecule has 1 aromatic rings. The summed E-state index contributed by atoms with van der Waals surface area (Å²) in [7, 11) is 3.32. The Morgan fingerprint density at radius 1 is 1.48 bits per heavy atom. The van der Waals surface area contributed by atoms with E-state index in [1.165, 1.54) is 25.1 Å². The first-order chi connectivity index (χ1) is 10.8. The first kappa shape index (κ1) is 18.1. The third-order valence-corrected chi connectivity index (χ3v) is 2.96. The molecule has 0 bridgehead atoms. The van der Waals surface area contributed by atoms with E-state index >= 15 is 0 Å². The minimum absolute atomic E-state index is 0.00525. The fraction of sp³-hybridized carbons (Fsp3) is 0.333. The average molecular weight is 321 g/mol. The molecule has 8 heteroatoms. The molecule has 0 aliphatic rings. The predicted molar refractivity (Wildman–Crippen MR) is 85.5 cm³/mol. The van der Waals surface area contributed by atoms with E-state index in [-0.39, 0.29) is 17.8 Å². The van der Waals surface area contributed by atoms with Crippen LogP contribution in [0.15, 0.2) is 30.9 Å². The number of ether oxygens (including phenoxy) is 1. The maximum atomic E-state index is 12.0. The summed E-state index contributed by atoms with van der Waals surface area (Å²) in [5, 5.41) is 13.6. The van der Waals surface area contributed by atoms with Crippen LogP contribution in [0.5, 0.6) is 0 Å². The standard InChI is InChI=1S/C15H19N3O5/c1-5-8-16-14(19)10(2)23-15(20)11-6-7-12(17(3)4)13(9-11)18(21)22/h5-7,9-10H,1,8H2,2-4H3,(H,16,19)/t10-/m1/s1. The van der Waals surface area contributed by atoms with Gasteiger partial charge in [0.2, 0.25) is 0 Å². The summed E-state index contributed by atoms with van der Waals surface area (Å²) in [4.78, 5) is 35.8. The highest BCUT2D eigenvalue weighted by Crippen LogP contribution is 2.28. The van der Waals surface area contributed by atoms with Crippen LogP contribution in [-0.4, -0.2) is 43.5 Å². The molecule has 0 aliphatic heterocycles. The molecule has 0 radical (unpaired) electrons. The van der Waals surface area contributed by atoms with Gasteiger partial charge in [0.05, 0.1) is 10.5 Å². The number of benzene rings is 1. The fourth-order valence-corrected chi connectivity index (χ4v) is 1.77. The van der Waals surface area contributed by atoms with Gasteiger partial charge in [-0.25, -0.2) is 4.79 Å². The topological polar surface area (TPSA) is 102 Å². The van der Waals surface area contributed by atoms with Crippen molar-refractivity contribution in [2.24, 2.45) is 0 Å². The number of carbonyl (C=O) groups excluding carboxylic acids is 2. The normalized spacial score (nSPS) is 11.3. The zero-order valence-electron chi connectivity index (χ0n) is 13.2. The number of rotatable bonds is 7. The van der Waals surface area contributed by atoms with Crippen molar-refractivity contribution < 1.29 is 19.2 Å². The molecule has 0 saturated carbocycles. The Bertz CT molecular complexity index is 628. The van der Waals surface area contributed by atoms with E-state index in [2.05, 4.69) is 11.9 Å². The lowest BCUT2D eigenvalue weighted by atomic mass is 10.1. The molecule has 0 unspecified atom stereocenters. The van der Waals surface area contributed by atoms with Gasteiger partial charge in [0.1, 0.15) is 5.69 Å². The third kappa shape index (κ3) is 4.80. The molecule has 1 aromatic carbocycles. The number of hydrogen-bond donors (Lipinski definition) is 1. The Hall–Kier alpha value is -2.90. The molecule has 0 fully saturated rings. The summed E-state index contributed by atoms with van der Waals surface area (Å²) in [5.41, 5.74) is 0.155. The van der Waals surface area contributed by atoms with Gasteiger partial charge >= 0.3 is 5.97 Å². The maximum absolute atomic E-state index is 12.0. The fourth-order valence-electron chi connectivity index (χ4n) is 1.77. The Labute approximate surface area is 133 Å². The molecular weight excluding hydrogens is 302 g/mol. The van der Waals surface area contributed by atoms with Gasteiger partial charge in [0.25, 0.3) is 11.6 Å². The lowest BCUT2D eigenvalue weighted by molar-refractivity contribution is -0.384. The summed E-state index contributed by atoms with van der Waals surface area (Å²) in [6.45, 7) is 5.13. The van der Waals surface area contributed by atoms with Crippen LogP contribution in [0.4, 0.5) is 11.4 Å². The smallest absolute Gasteiger partial charge is 0.339 e. The van der Waals surface area contributed by atoms with E-state index in [1.807, 2.05) is 0 Å². The highest BCUT2D eigenvalue weighted by molar-refractivity contribution is 5.93. The summed E-state index contributed by atoms with van der Waals surface area (Å²) >= 11 is 0. The molecule has 0 saturated heterocycles. The van der Waals surface area contributed by atoms with Gasteiger partial charge in [-0.2, -0.15) is 0 Å². The number of hydrogen-bond acceptors (Lipinski definition) is 6. The molecule has 1 atom stereocenters. The number of nitro benzene ring substituents is 1. The average Bonchev–Trinajstić information content (AvgIpc) is 2.51. The van der Waals surface area contributed by atoms with E-state index in [4.69, 9.17) is 4.74 Å². The van der Waals surface area contributed by atoms with Crippen molar-refractivity contribution in [2.45, 2.75) is 13.0 Å². The van der Waals surface area contributed by atoms with Crippen LogP contribution in [-0.2, 0) is 9.53 Å². The Balaban J connectivity index is 2.92. The van der Waals surface area contributed by atoms with E-state index in [0.717, 1.165) is 6.07 Å². The highest BCUT2D eigenvalue weighted by atomic mass is 16.6. The number of anilines is 1. The summed E-state index contributed by atoms with van der Waals surface area (Å²) in [5.74, 6) is -1.28. The molecule has 23 heavy (non-hydrogen) atoms. The molecule has 1 amide bonds. The van der Waals surface area contributed by atoms with Crippen LogP contribution >= 0.6 is 0 Å². The number of esters is 1. The van der Waals surface area contributed by atoms with Gasteiger partial charge < -0.3 is 15.0 Å². The second kappa shape index (κ2) is 7.92. The molecule has 0 aliphatic carbocycles. The number of nitrogens with one attached hydrogen (secondary N) is 1. The van der Waals surface area contributed by atoms with E-state index in [9.17, 15) is 19.7 Å². The van der Waals surface area contributed by atoms with Crippen molar-refractivity contribution in [2.75, 3.05) is 25.5 Å². The molecule has 1 N–H and O–H groups in total. The molecular formula is C15H19N3O5. The zero-order chi connectivity index (χ0) is 17.6. The number of nitrogens with zero attached hydrogens (tertiary/aromatic N) is 2. The van der Waals surface area contributed by atoms with Gasteiger partial charge in [-0.3, -0.25) is 14.9 Å². The lowest BCUT2D eigenvalue weighted by Crippen LogP contribution is -2.35. The SMILES string of the molecule is C=CCNC(=O)[C@@H](C)OC(=O)c1ccc(N(C)C)c([N+](=O)[O-])c1. The van der Waals surface area contributed by atoms with Gasteiger partial charge in [-0.15, -0.1) is 6.58 Å². The van der Waals surface area contributed by atoms with E-state index in [0.29, 0.717) is 5.69 Å². The molecule has 0 heterocycles. The number of nitro groups is 1. The lowest BCUT2D eigenvalue weighted by Gasteiger charge is -2.15. The maximum Gasteiger partial charge on any atom is 0.339 e. The second-order valence-electron chi connectivity index (χ2n) is 4.94. The van der Waals surface area contributed by atoms with E-state index < -0.39 is 22.9 Å². The van der Waals surface area contributed by atoms with Gasteiger partial charge in [-0.05, 0) is 19.1 Å². The summed E-state index contributed by atoms with van der Waals surface area (Å²) in [6, 6.07) is 4.00. The minimum atomic E-state index is -1.02. The summed E-state index contributed by atoms with van der Waals surface area (Å²) in [6.07, 6.45) is 0.477. The predicted octanol–water partition coefficient (Wildman–Crippen LogP) is 1.51. The Morgan fingerprint density at radius 2 is 2.13 bits per heavy atom. The molecule has 124 valence electrons. The van der Waals surface area contributed by atoms with Crippen molar-refractivity contribution in [1.29, 1.82) is 0 Å². The van der Waals surface area contributed by atoms with Crippen molar-refractivity contribution in [3.05, 3.63) is 46.5 Å². The molecule has 0 aromatic heterocycles. The second-order valence-corrected chi connectivity index (χ2v) is 4.94. The van der Waals surface area contributed by atoms with Crippen molar-refractivity contribution in [3.63, 3.8) is 0 Å². The number of amides is 1. The van der Waals surface area contributed by atoms with Crippen LogP contribution < -0.4 is 10.2 Å². The Morgan fingerprint density at radius 3 is 2.65 bits per heavy atom. The van der Waals surface area contributed by atoms with Crippen LogP contribution in [0.25, 0.3) is 0 Å². The Kier molecular flexibility index (Phi) is 6.25.